The first kappa shape index (κ1) is 16.7. The molecule has 1 rings (SSSR count). The molecule has 0 radical (unpaired) electrons. The number of nitrogens with one attached hydrogen (secondary N) is 1. The number of hydrogen-bond donors (Lipinski definition) is 2. The fraction of sp³-hybridized carbons (Fsp3) is 0.588. The van der Waals surface area contributed by atoms with Gasteiger partial charge in [-0.05, 0) is 44.2 Å². The summed E-state index contributed by atoms with van der Waals surface area (Å²) < 4.78 is 0. The fourth-order valence-corrected chi connectivity index (χ4v) is 2.49. The van der Waals surface area contributed by atoms with E-state index in [4.69, 9.17) is 5.73 Å². The van der Waals surface area contributed by atoms with Crippen molar-refractivity contribution in [3.8, 4) is 0 Å². The molecule has 0 bridgehead atoms. The SMILES string of the molecule is CCC(CCN)CCC(=O)NC(C)Cc1ccccc1. The van der Waals surface area contributed by atoms with Crippen LogP contribution < -0.4 is 11.1 Å². The van der Waals surface area contributed by atoms with Crippen molar-refractivity contribution in [2.75, 3.05) is 6.54 Å². The normalized spacial score (nSPS) is 13.8. The van der Waals surface area contributed by atoms with Gasteiger partial charge in [0.25, 0.3) is 0 Å². The highest BCUT2D eigenvalue weighted by Crippen LogP contribution is 2.14. The lowest BCUT2D eigenvalue weighted by Gasteiger charge is -2.16. The molecule has 3 N–H and O–H groups in total. The summed E-state index contributed by atoms with van der Waals surface area (Å²) in [5, 5.41) is 3.08. The molecule has 0 saturated carbocycles. The third kappa shape index (κ3) is 6.71. The Bertz CT molecular complexity index is 378. The molecule has 3 heteroatoms. The summed E-state index contributed by atoms with van der Waals surface area (Å²) in [6.07, 6.45) is 4.55. The van der Waals surface area contributed by atoms with E-state index in [0.29, 0.717) is 18.9 Å². The van der Waals surface area contributed by atoms with Crippen molar-refractivity contribution in [3.05, 3.63) is 35.9 Å². The lowest BCUT2D eigenvalue weighted by molar-refractivity contribution is -0.122. The molecular weight excluding hydrogens is 248 g/mol. The van der Waals surface area contributed by atoms with Crippen molar-refractivity contribution < 1.29 is 4.79 Å². The van der Waals surface area contributed by atoms with Gasteiger partial charge in [0.2, 0.25) is 5.91 Å². The molecule has 0 aliphatic rings. The van der Waals surface area contributed by atoms with E-state index in [1.807, 2.05) is 18.2 Å². The van der Waals surface area contributed by atoms with E-state index in [1.165, 1.54) is 5.56 Å². The molecule has 0 saturated heterocycles. The summed E-state index contributed by atoms with van der Waals surface area (Å²) in [6.45, 7) is 4.93. The van der Waals surface area contributed by atoms with Gasteiger partial charge in [-0.3, -0.25) is 4.79 Å². The average molecular weight is 276 g/mol. The minimum atomic E-state index is 0.156. The van der Waals surface area contributed by atoms with E-state index in [0.717, 1.165) is 25.7 Å². The van der Waals surface area contributed by atoms with E-state index in [1.54, 1.807) is 0 Å². The molecular formula is C17H28N2O. The topological polar surface area (TPSA) is 55.1 Å². The first-order valence-corrected chi connectivity index (χ1v) is 7.69. The molecule has 0 aliphatic carbocycles. The van der Waals surface area contributed by atoms with Crippen molar-refractivity contribution in [1.29, 1.82) is 0 Å². The van der Waals surface area contributed by atoms with Crippen LogP contribution in [0, 0.1) is 5.92 Å². The molecule has 0 aliphatic heterocycles. The Morgan fingerprint density at radius 2 is 1.95 bits per heavy atom. The zero-order chi connectivity index (χ0) is 14.8. The lowest BCUT2D eigenvalue weighted by atomic mass is 9.96. The quantitative estimate of drug-likeness (QED) is 0.728. The Balaban J connectivity index is 2.27. The maximum Gasteiger partial charge on any atom is 0.220 e. The van der Waals surface area contributed by atoms with Crippen molar-refractivity contribution in [3.63, 3.8) is 0 Å². The monoisotopic (exact) mass is 276 g/mol. The highest BCUT2D eigenvalue weighted by Gasteiger charge is 2.11. The average Bonchev–Trinajstić information content (AvgIpc) is 2.44. The van der Waals surface area contributed by atoms with Crippen molar-refractivity contribution >= 4 is 5.91 Å². The highest BCUT2D eigenvalue weighted by atomic mass is 16.1. The van der Waals surface area contributed by atoms with Crippen molar-refractivity contribution in [1.82, 2.24) is 5.32 Å². The lowest BCUT2D eigenvalue weighted by Crippen LogP contribution is -2.34. The van der Waals surface area contributed by atoms with Gasteiger partial charge in [0, 0.05) is 12.5 Å². The van der Waals surface area contributed by atoms with Crippen LogP contribution in [0.25, 0.3) is 0 Å². The molecule has 112 valence electrons. The highest BCUT2D eigenvalue weighted by molar-refractivity contribution is 5.76. The van der Waals surface area contributed by atoms with Gasteiger partial charge in [0.05, 0.1) is 0 Å². The molecule has 1 aromatic carbocycles. The number of nitrogens with two attached hydrogens (primary N) is 1. The van der Waals surface area contributed by atoms with Crippen LogP contribution in [-0.2, 0) is 11.2 Å². The third-order valence-corrected chi connectivity index (χ3v) is 3.72. The number of rotatable bonds is 9. The number of carbonyl (C=O) groups excluding carboxylic acids is 1. The smallest absolute Gasteiger partial charge is 0.220 e. The van der Waals surface area contributed by atoms with Crippen LogP contribution in [0.4, 0.5) is 0 Å². The van der Waals surface area contributed by atoms with Crippen LogP contribution in [-0.4, -0.2) is 18.5 Å². The molecule has 2 unspecified atom stereocenters. The van der Waals surface area contributed by atoms with Crippen LogP contribution in [0.3, 0.4) is 0 Å². The third-order valence-electron chi connectivity index (χ3n) is 3.72. The van der Waals surface area contributed by atoms with Crippen LogP contribution in [0.15, 0.2) is 30.3 Å². The van der Waals surface area contributed by atoms with Gasteiger partial charge in [-0.25, -0.2) is 0 Å². The van der Waals surface area contributed by atoms with Crippen molar-refractivity contribution in [2.45, 2.75) is 52.0 Å². The summed E-state index contributed by atoms with van der Waals surface area (Å²) in [4.78, 5) is 11.9. The summed E-state index contributed by atoms with van der Waals surface area (Å²) in [5.41, 5.74) is 6.84. The molecule has 2 atom stereocenters. The molecule has 0 fully saturated rings. The summed E-state index contributed by atoms with van der Waals surface area (Å²) >= 11 is 0. The van der Waals surface area contributed by atoms with Crippen LogP contribution >= 0.6 is 0 Å². The summed E-state index contributed by atoms with van der Waals surface area (Å²) in [6, 6.07) is 10.4. The van der Waals surface area contributed by atoms with Gasteiger partial charge in [0.1, 0.15) is 0 Å². The Morgan fingerprint density at radius 3 is 2.55 bits per heavy atom. The second-order valence-electron chi connectivity index (χ2n) is 5.55. The Kier molecular flexibility index (Phi) is 7.97. The molecule has 0 heterocycles. The van der Waals surface area contributed by atoms with Crippen LogP contribution in [0.5, 0.6) is 0 Å². The molecule has 3 nitrogen and oxygen atoms in total. The zero-order valence-corrected chi connectivity index (χ0v) is 12.8. The van der Waals surface area contributed by atoms with Gasteiger partial charge in [0.15, 0.2) is 0 Å². The second kappa shape index (κ2) is 9.54. The van der Waals surface area contributed by atoms with E-state index in [-0.39, 0.29) is 11.9 Å². The van der Waals surface area contributed by atoms with Gasteiger partial charge in [-0.1, -0.05) is 43.7 Å². The van der Waals surface area contributed by atoms with Crippen LogP contribution in [0.1, 0.15) is 45.1 Å². The largest absolute Gasteiger partial charge is 0.353 e. The summed E-state index contributed by atoms with van der Waals surface area (Å²) in [7, 11) is 0. The molecule has 0 aromatic heterocycles. The number of carbonyl (C=O) groups is 1. The predicted octanol–water partition coefficient (Wildman–Crippen LogP) is 2.89. The van der Waals surface area contributed by atoms with E-state index in [9.17, 15) is 4.79 Å². The maximum atomic E-state index is 11.9. The van der Waals surface area contributed by atoms with Gasteiger partial charge >= 0.3 is 0 Å². The minimum Gasteiger partial charge on any atom is -0.353 e. The van der Waals surface area contributed by atoms with Gasteiger partial charge < -0.3 is 11.1 Å². The van der Waals surface area contributed by atoms with E-state index in [2.05, 4.69) is 31.3 Å². The molecule has 0 spiro atoms. The number of hydrogen-bond acceptors (Lipinski definition) is 2. The number of benzene rings is 1. The van der Waals surface area contributed by atoms with E-state index < -0.39 is 0 Å². The maximum absolute atomic E-state index is 11.9. The standard InChI is InChI=1S/C17H28N2O/c1-3-15(11-12-18)9-10-17(20)19-14(2)13-16-7-5-4-6-8-16/h4-8,14-15H,3,9-13,18H2,1-2H3,(H,19,20). The molecule has 20 heavy (non-hydrogen) atoms. The number of amides is 1. The van der Waals surface area contributed by atoms with Gasteiger partial charge in [-0.2, -0.15) is 0 Å². The zero-order valence-electron chi connectivity index (χ0n) is 12.8. The molecule has 1 aromatic rings. The van der Waals surface area contributed by atoms with E-state index >= 15 is 0 Å². The van der Waals surface area contributed by atoms with Crippen molar-refractivity contribution in [2.24, 2.45) is 11.7 Å². The second-order valence-corrected chi connectivity index (χ2v) is 5.55. The Hall–Kier alpha value is -1.35. The van der Waals surface area contributed by atoms with Gasteiger partial charge in [-0.15, -0.1) is 0 Å². The first-order valence-electron chi connectivity index (χ1n) is 7.69. The fourth-order valence-electron chi connectivity index (χ4n) is 2.49. The summed E-state index contributed by atoms with van der Waals surface area (Å²) in [5.74, 6) is 0.735. The Morgan fingerprint density at radius 1 is 1.25 bits per heavy atom. The van der Waals surface area contributed by atoms with Crippen LogP contribution in [0.2, 0.25) is 0 Å². The predicted molar refractivity (Wildman–Crippen MR) is 84.4 cm³/mol. The first-order chi connectivity index (χ1) is 9.65. The molecule has 1 amide bonds. The Labute approximate surface area is 122 Å². The minimum absolute atomic E-state index is 0.156.